The number of unbranched alkanes of at least 4 members (excludes halogenated alkanes) is 1. The molecule has 0 radical (unpaired) electrons. The predicted octanol–water partition coefficient (Wildman–Crippen LogP) is 6.38. The third kappa shape index (κ3) is 5.96. The van der Waals surface area contributed by atoms with Crippen molar-refractivity contribution in [2.45, 2.75) is 49.7 Å². The highest BCUT2D eigenvalue weighted by molar-refractivity contribution is 5.89. The van der Waals surface area contributed by atoms with Crippen molar-refractivity contribution in [1.82, 2.24) is 14.7 Å². The molecular weight excluding hydrogens is 522 g/mol. The number of hydrogen-bond acceptors (Lipinski definition) is 3. The molecule has 1 saturated heterocycles. The second-order valence-electron chi connectivity index (χ2n) is 11.4. The molecule has 0 spiro atoms. The molecule has 3 fully saturated rings. The van der Waals surface area contributed by atoms with Crippen molar-refractivity contribution < 1.29 is 22.4 Å². The summed E-state index contributed by atoms with van der Waals surface area (Å²) in [7, 11) is 2.12. The Balaban J connectivity index is 1.29. The molecule has 3 aliphatic rings. The number of anilines is 1. The van der Waals surface area contributed by atoms with Gasteiger partial charge in [0.15, 0.2) is 5.69 Å². The number of nitrogens with one attached hydrogen (secondary N) is 1. The van der Waals surface area contributed by atoms with Gasteiger partial charge in [0.25, 0.3) is 0 Å². The zero-order valence-electron chi connectivity index (χ0n) is 22.7. The number of alkyl halides is 3. The largest absolute Gasteiger partial charge is 0.419 e. The van der Waals surface area contributed by atoms with Gasteiger partial charge in [0.05, 0.1) is 12.1 Å². The molecule has 2 aromatic carbocycles. The maximum absolute atomic E-state index is 13.8. The lowest BCUT2D eigenvalue weighted by atomic mass is 9.93. The minimum Gasteiger partial charge on any atom is -0.321 e. The van der Waals surface area contributed by atoms with E-state index in [0.29, 0.717) is 18.3 Å². The first-order valence-corrected chi connectivity index (χ1v) is 13.9. The summed E-state index contributed by atoms with van der Waals surface area (Å²) >= 11 is 0. The Morgan fingerprint density at radius 2 is 1.85 bits per heavy atom. The number of carbonyl (C=O) groups excluding carboxylic acids is 1. The van der Waals surface area contributed by atoms with E-state index in [1.807, 2.05) is 24.3 Å². The summed E-state index contributed by atoms with van der Waals surface area (Å²) in [6.45, 7) is 12.8. The summed E-state index contributed by atoms with van der Waals surface area (Å²) in [6, 6.07) is 9.76. The van der Waals surface area contributed by atoms with Crippen molar-refractivity contribution in [3.8, 4) is 0 Å². The average Bonchev–Trinajstić information content (AvgIpc) is 3.56. The molecule has 0 aromatic heterocycles. The van der Waals surface area contributed by atoms with Crippen molar-refractivity contribution in [1.29, 1.82) is 0 Å². The van der Waals surface area contributed by atoms with Crippen molar-refractivity contribution in [3.63, 3.8) is 0 Å². The van der Waals surface area contributed by atoms with Crippen molar-refractivity contribution in [3.05, 3.63) is 70.8 Å². The van der Waals surface area contributed by atoms with Gasteiger partial charge < -0.3 is 20.0 Å². The molecule has 2 saturated carbocycles. The number of halogens is 4. The Labute approximate surface area is 232 Å². The highest BCUT2D eigenvalue weighted by atomic mass is 19.4. The van der Waals surface area contributed by atoms with Crippen LogP contribution in [0.4, 0.5) is 33.7 Å². The standard InChI is InChI=1S/C30H35F4N5O/c1-35-22-7-5-21(6-8-22)29-12-11-27(25(29)20-29)39(14-4-3-13-38-17-15-37(2)16-18-38)28(40)36-23-9-10-26(31)24(19-23)30(32,33)34/h5-10,19,25,27H,3-4,11-18,20H2,2H3,(H,36,40)/t25-,27-,29-/m1/s1. The van der Waals surface area contributed by atoms with Crippen LogP contribution in [-0.2, 0) is 11.6 Å². The van der Waals surface area contributed by atoms with Gasteiger partial charge in [-0.2, -0.15) is 13.2 Å². The third-order valence-corrected chi connectivity index (χ3v) is 8.96. The number of piperazine rings is 1. The topological polar surface area (TPSA) is 43.2 Å². The third-order valence-electron chi connectivity index (χ3n) is 8.96. The first kappa shape index (κ1) is 28.4. The fourth-order valence-corrected chi connectivity index (χ4v) is 6.57. The number of urea groups is 1. The van der Waals surface area contributed by atoms with Crippen LogP contribution in [0.2, 0.25) is 0 Å². The number of benzene rings is 2. The van der Waals surface area contributed by atoms with Crippen molar-refractivity contribution in [2.75, 3.05) is 51.6 Å². The van der Waals surface area contributed by atoms with Crippen LogP contribution in [0.5, 0.6) is 0 Å². The number of carbonyl (C=O) groups is 1. The summed E-state index contributed by atoms with van der Waals surface area (Å²) < 4.78 is 53.6. The van der Waals surface area contributed by atoms with E-state index in [2.05, 4.69) is 27.0 Å². The SMILES string of the molecule is [C-]#[N+]c1ccc([C@]23CC[C@@H](N(CCCCN4CCN(C)CC4)C(=O)Nc4ccc(F)c(C(F)(F)F)c4)[C@H]2C3)cc1. The molecular formula is C30H35F4N5O. The van der Waals surface area contributed by atoms with E-state index in [1.54, 1.807) is 4.90 Å². The number of rotatable bonds is 8. The van der Waals surface area contributed by atoms with Crippen LogP contribution in [0.25, 0.3) is 4.85 Å². The van der Waals surface area contributed by atoms with Crippen LogP contribution in [0, 0.1) is 18.3 Å². The molecule has 1 N–H and O–H groups in total. The Bertz CT molecular complexity index is 1250. The van der Waals surface area contributed by atoms with Gasteiger partial charge in [-0.3, -0.25) is 0 Å². The number of likely N-dealkylation sites (N-methyl/N-ethyl adjacent to an activating group) is 1. The number of fused-ring (bicyclic) bond motifs is 1. The minimum atomic E-state index is -4.85. The summed E-state index contributed by atoms with van der Waals surface area (Å²) in [4.78, 5) is 23.6. The van der Waals surface area contributed by atoms with E-state index in [0.717, 1.165) is 70.9 Å². The fourth-order valence-electron chi connectivity index (χ4n) is 6.57. The van der Waals surface area contributed by atoms with E-state index < -0.39 is 23.6 Å². The van der Waals surface area contributed by atoms with E-state index in [9.17, 15) is 22.4 Å². The Morgan fingerprint density at radius 3 is 2.50 bits per heavy atom. The van der Waals surface area contributed by atoms with Crippen LogP contribution in [-0.4, -0.2) is 73.1 Å². The number of nitrogens with zero attached hydrogens (tertiary/aromatic N) is 4. The molecule has 1 heterocycles. The normalized spacial score (nSPS) is 24.8. The Morgan fingerprint density at radius 1 is 1.12 bits per heavy atom. The van der Waals surface area contributed by atoms with E-state index >= 15 is 0 Å². The molecule has 3 atom stereocenters. The van der Waals surface area contributed by atoms with Crippen molar-refractivity contribution in [2.24, 2.45) is 5.92 Å². The lowest BCUT2D eigenvalue weighted by Crippen LogP contribution is -2.45. The second kappa shape index (κ2) is 11.4. The zero-order valence-corrected chi connectivity index (χ0v) is 22.7. The van der Waals surface area contributed by atoms with Crippen LogP contribution >= 0.6 is 0 Å². The van der Waals surface area contributed by atoms with Gasteiger partial charge in [-0.05, 0) is 75.4 Å². The first-order chi connectivity index (χ1) is 19.1. The molecule has 2 aliphatic carbocycles. The van der Waals surface area contributed by atoms with E-state index in [-0.39, 0.29) is 23.1 Å². The summed E-state index contributed by atoms with van der Waals surface area (Å²) in [5.41, 5.74) is 0.273. The Hall–Kier alpha value is -3.16. The smallest absolute Gasteiger partial charge is 0.321 e. The van der Waals surface area contributed by atoms with Crippen molar-refractivity contribution >= 4 is 17.4 Å². The van der Waals surface area contributed by atoms with Gasteiger partial charge in [0.2, 0.25) is 0 Å². The van der Waals surface area contributed by atoms with Gasteiger partial charge in [-0.15, -0.1) is 0 Å². The molecule has 0 bridgehead atoms. The fraction of sp³-hybridized carbons (Fsp3) is 0.533. The van der Waals surface area contributed by atoms with Gasteiger partial charge in [-0.25, -0.2) is 14.0 Å². The molecule has 214 valence electrons. The summed E-state index contributed by atoms with van der Waals surface area (Å²) in [6.07, 6.45) is -0.488. The Kier molecular flexibility index (Phi) is 8.07. The minimum absolute atomic E-state index is 0.0249. The first-order valence-electron chi connectivity index (χ1n) is 13.9. The molecule has 6 nitrogen and oxygen atoms in total. The number of amides is 2. The highest BCUT2D eigenvalue weighted by Gasteiger charge is 2.63. The quantitative estimate of drug-likeness (QED) is 0.233. The molecule has 5 rings (SSSR count). The molecule has 2 aromatic rings. The molecule has 0 unspecified atom stereocenters. The maximum Gasteiger partial charge on any atom is 0.419 e. The van der Waals surface area contributed by atoms with E-state index in [4.69, 9.17) is 6.57 Å². The molecule has 2 amide bonds. The maximum atomic E-state index is 13.8. The van der Waals surface area contributed by atoms with Gasteiger partial charge in [-0.1, -0.05) is 24.3 Å². The monoisotopic (exact) mass is 557 g/mol. The predicted molar refractivity (Wildman–Crippen MR) is 146 cm³/mol. The van der Waals surface area contributed by atoms with Crippen LogP contribution in [0.3, 0.4) is 0 Å². The van der Waals surface area contributed by atoms with Gasteiger partial charge in [0, 0.05) is 49.9 Å². The van der Waals surface area contributed by atoms with Crippen LogP contribution in [0.1, 0.15) is 43.2 Å². The van der Waals surface area contributed by atoms with Gasteiger partial charge >= 0.3 is 12.2 Å². The van der Waals surface area contributed by atoms with Crippen LogP contribution in [0.15, 0.2) is 42.5 Å². The lowest BCUT2D eigenvalue weighted by molar-refractivity contribution is -0.139. The van der Waals surface area contributed by atoms with Crippen LogP contribution < -0.4 is 5.32 Å². The summed E-state index contributed by atoms with van der Waals surface area (Å²) in [5, 5.41) is 2.63. The molecule has 10 heteroatoms. The second-order valence-corrected chi connectivity index (χ2v) is 11.4. The highest BCUT2D eigenvalue weighted by Crippen LogP contribution is 2.65. The van der Waals surface area contributed by atoms with E-state index in [1.165, 1.54) is 11.6 Å². The zero-order chi connectivity index (χ0) is 28.5. The average molecular weight is 558 g/mol. The van der Waals surface area contributed by atoms with Gasteiger partial charge in [0.1, 0.15) is 5.82 Å². The lowest BCUT2D eigenvalue weighted by Gasteiger charge is -2.33. The summed E-state index contributed by atoms with van der Waals surface area (Å²) in [5.74, 6) is -1.11. The number of hydrogen-bond donors (Lipinski definition) is 1. The molecule has 40 heavy (non-hydrogen) atoms. The molecule has 1 aliphatic heterocycles.